The van der Waals surface area contributed by atoms with Crippen LogP contribution in [0.2, 0.25) is 0 Å². The summed E-state index contributed by atoms with van der Waals surface area (Å²) in [5, 5.41) is 29.4. The van der Waals surface area contributed by atoms with Crippen LogP contribution in [-0.2, 0) is 15.6 Å². The predicted molar refractivity (Wildman–Crippen MR) is 93.6 cm³/mol. The molecule has 2 aromatic rings. The number of anilines is 1. The number of nitrogens with one attached hydrogen (secondary N) is 1. The van der Waals surface area contributed by atoms with Gasteiger partial charge in [-0.25, -0.2) is 13.6 Å². The summed E-state index contributed by atoms with van der Waals surface area (Å²) in [6.45, 7) is 1.82. The van der Waals surface area contributed by atoms with Crippen LogP contribution in [0.4, 0.5) is 11.4 Å². The molecule has 0 saturated carbocycles. The Kier molecular flexibility index (Phi) is 5.41. The summed E-state index contributed by atoms with van der Waals surface area (Å²) < 4.78 is 23.3. The molecule has 134 valence electrons. The van der Waals surface area contributed by atoms with E-state index in [1.54, 1.807) is 31.2 Å². The van der Waals surface area contributed by atoms with Gasteiger partial charge in [0.15, 0.2) is 0 Å². The summed E-state index contributed by atoms with van der Waals surface area (Å²) >= 11 is 0. The first-order valence-electron chi connectivity index (χ1n) is 7.44. The monoisotopic (exact) mass is 365 g/mol. The topological polar surface area (TPSA) is 136 Å². The lowest BCUT2D eigenvalue weighted by Gasteiger charge is -2.24. The maximum atomic E-state index is 11.6. The van der Waals surface area contributed by atoms with Gasteiger partial charge in [0.05, 0.1) is 16.2 Å². The van der Waals surface area contributed by atoms with Crippen LogP contribution in [0.1, 0.15) is 18.9 Å². The average Bonchev–Trinajstić information content (AvgIpc) is 2.54. The number of nitro benzene ring substituents is 1. The molecule has 2 rings (SSSR count). The molecule has 0 aromatic heterocycles. The molecule has 0 spiro atoms. The van der Waals surface area contributed by atoms with E-state index in [4.69, 9.17) is 5.14 Å². The van der Waals surface area contributed by atoms with Gasteiger partial charge in [-0.15, -0.1) is 0 Å². The number of nitrogens with zero attached hydrogens (tertiary/aromatic N) is 1. The van der Waals surface area contributed by atoms with Gasteiger partial charge in [0, 0.05) is 18.7 Å². The maximum Gasteiger partial charge on any atom is 0.271 e. The molecule has 25 heavy (non-hydrogen) atoms. The van der Waals surface area contributed by atoms with Crippen molar-refractivity contribution >= 4 is 21.4 Å². The quantitative estimate of drug-likeness (QED) is 0.507. The van der Waals surface area contributed by atoms with Crippen molar-refractivity contribution in [1.82, 2.24) is 0 Å². The Labute approximate surface area is 145 Å². The van der Waals surface area contributed by atoms with Crippen LogP contribution in [0.25, 0.3) is 0 Å². The fourth-order valence-corrected chi connectivity index (χ4v) is 3.10. The highest BCUT2D eigenvalue weighted by Gasteiger charge is 2.23. The van der Waals surface area contributed by atoms with Crippen molar-refractivity contribution in [3.63, 3.8) is 0 Å². The lowest BCUT2D eigenvalue weighted by molar-refractivity contribution is -0.384. The molecular formula is C16H19N3O5S. The smallest absolute Gasteiger partial charge is 0.271 e. The molecule has 0 heterocycles. The normalized spacial score (nSPS) is 13.9. The van der Waals surface area contributed by atoms with Crippen LogP contribution in [-0.4, -0.2) is 25.0 Å². The molecule has 0 aliphatic carbocycles. The Morgan fingerprint density at radius 2 is 1.88 bits per heavy atom. The van der Waals surface area contributed by atoms with E-state index in [9.17, 15) is 23.6 Å². The number of nitrogens with two attached hydrogens (primary N) is 1. The number of non-ortho nitro benzene ring substituents is 1. The molecule has 4 N–H and O–H groups in total. The van der Waals surface area contributed by atoms with E-state index in [1.807, 2.05) is 6.07 Å². The van der Waals surface area contributed by atoms with E-state index in [1.165, 1.54) is 0 Å². The van der Waals surface area contributed by atoms with Gasteiger partial charge in [-0.05, 0) is 25.0 Å². The first kappa shape index (κ1) is 18.8. The van der Waals surface area contributed by atoms with Crippen molar-refractivity contribution in [1.29, 1.82) is 0 Å². The molecule has 0 bridgehead atoms. The van der Waals surface area contributed by atoms with Crippen LogP contribution in [0, 0.1) is 10.1 Å². The lowest BCUT2D eigenvalue weighted by Crippen LogP contribution is -2.25. The van der Waals surface area contributed by atoms with E-state index < -0.39 is 20.5 Å². The van der Waals surface area contributed by atoms with Crippen molar-refractivity contribution in [3.05, 3.63) is 64.2 Å². The number of sulfonamides is 1. The first-order valence-corrected chi connectivity index (χ1v) is 8.99. The molecule has 0 amide bonds. The Balaban J connectivity index is 2.19. The minimum atomic E-state index is -4.04. The highest BCUT2D eigenvalue weighted by molar-refractivity contribution is 7.89. The van der Waals surface area contributed by atoms with Crippen LogP contribution in [0.5, 0.6) is 0 Å². The molecule has 1 atom stereocenters. The largest absolute Gasteiger partial charge is 0.385 e. The van der Waals surface area contributed by atoms with Gasteiger partial charge in [0.25, 0.3) is 5.69 Å². The van der Waals surface area contributed by atoms with Gasteiger partial charge in [-0.1, -0.05) is 30.3 Å². The van der Waals surface area contributed by atoms with Gasteiger partial charge in [0.1, 0.15) is 4.90 Å². The van der Waals surface area contributed by atoms with Crippen LogP contribution in [0.15, 0.2) is 53.4 Å². The first-order chi connectivity index (χ1) is 11.6. The van der Waals surface area contributed by atoms with Crippen molar-refractivity contribution in [2.45, 2.75) is 23.8 Å². The molecule has 1 unspecified atom stereocenters. The number of aliphatic hydroxyl groups is 1. The Morgan fingerprint density at radius 1 is 1.24 bits per heavy atom. The zero-order valence-electron chi connectivity index (χ0n) is 13.5. The Morgan fingerprint density at radius 3 is 2.44 bits per heavy atom. The van der Waals surface area contributed by atoms with Crippen molar-refractivity contribution in [2.75, 3.05) is 11.9 Å². The van der Waals surface area contributed by atoms with Gasteiger partial charge < -0.3 is 10.4 Å². The number of nitro groups is 1. The third-order valence-corrected chi connectivity index (χ3v) is 4.77. The van der Waals surface area contributed by atoms with Gasteiger partial charge in [-0.3, -0.25) is 10.1 Å². The van der Waals surface area contributed by atoms with Gasteiger partial charge in [0.2, 0.25) is 10.0 Å². The zero-order valence-corrected chi connectivity index (χ0v) is 14.4. The molecular weight excluding hydrogens is 346 g/mol. The SMILES string of the molecule is CC(O)(CCNc1cc([N+](=O)[O-])ccc1S(N)(=O)=O)c1ccccc1. The van der Waals surface area contributed by atoms with E-state index in [2.05, 4.69) is 5.32 Å². The summed E-state index contributed by atoms with van der Waals surface area (Å²) in [6.07, 6.45) is 0.254. The standard InChI is InChI=1S/C16H19N3O5S/c1-16(20,12-5-3-2-4-6-12)9-10-18-14-11-13(19(21)22)7-8-15(14)25(17,23)24/h2-8,11,18,20H,9-10H2,1H3,(H2,17,23,24). The Bertz CT molecular complexity index is 867. The molecule has 8 nitrogen and oxygen atoms in total. The van der Waals surface area contributed by atoms with Gasteiger partial charge in [-0.2, -0.15) is 0 Å². The van der Waals surface area contributed by atoms with Gasteiger partial charge >= 0.3 is 0 Å². The molecule has 0 aliphatic rings. The summed E-state index contributed by atoms with van der Waals surface area (Å²) in [5.41, 5.74) is -0.663. The fourth-order valence-electron chi connectivity index (χ4n) is 2.40. The molecule has 0 saturated heterocycles. The predicted octanol–water partition coefficient (Wildman–Crippen LogP) is 1.95. The van der Waals surface area contributed by atoms with E-state index in [-0.39, 0.29) is 29.2 Å². The minimum absolute atomic E-state index is 0.0283. The second-order valence-corrected chi connectivity index (χ2v) is 7.33. The van der Waals surface area contributed by atoms with Crippen molar-refractivity contribution in [2.24, 2.45) is 5.14 Å². The summed E-state index contributed by atoms with van der Waals surface area (Å²) in [7, 11) is -4.04. The summed E-state index contributed by atoms with van der Waals surface area (Å²) in [6, 6.07) is 12.3. The van der Waals surface area contributed by atoms with Crippen LogP contribution in [0.3, 0.4) is 0 Å². The number of primary sulfonamides is 1. The summed E-state index contributed by atoms with van der Waals surface area (Å²) in [5.74, 6) is 0. The third-order valence-electron chi connectivity index (χ3n) is 3.80. The molecule has 0 radical (unpaired) electrons. The van der Waals surface area contributed by atoms with Crippen molar-refractivity contribution < 1.29 is 18.4 Å². The molecule has 0 aliphatic heterocycles. The van der Waals surface area contributed by atoms with E-state index in [0.717, 1.165) is 18.2 Å². The average molecular weight is 365 g/mol. The molecule has 9 heteroatoms. The highest BCUT2D eigenvalue weighted by Crippen LogP contribution is 2.28. The molecule has 0 fully saturated rings. The number of benzene rings is 2. The fraction of sp³-hybridized carbons (Fsp3) is 0.250. The van der Waals surface area contributed by atoms with Crippen LogP contribution < -0.4 is 10.5 Å². The highest BCUT2D eigenvalue weighted by atomic mass is 32.2. The zero-order chi connectivity index (χ0) is 18.7. The number of hydrogen-bond acceptors (Lipinski definition) is 6. The van der Waals surface area contributed by atoms with E-state index in [0.29, 0.717) is 5.56 Å². The van der Waals surface area contributed by atoms with E-state index >= 15 is 0 Å². The second-order valence-electron chi connectivity index (χ2n) is 5.80. The minimum Gasteiger partial charge on any atom is -0.385 e. The van der Waals surface area contributed by atoms with Crippen LogP contribution >= 0.6 is 0 Å². The maximum absolute atomic E-state index is 11.6. The molecule has 2 aromatic carbocycles. The van der Waals surface area contributed by atoms with Crippen molar-refractivity contribution in [3.8, 4) is 0 Å². The Hall–Kier alpha value is -2.49. The number of hydrogen-bond donors (Lipinski definition) is 3. The summed E-state index contributed by atoms with van der Waals surface area (Å²) in [4.78, 5) is 10.0. The number of rotatable bonds is 7. The second kappa shape index (κ2) is 7.18. The lowest BCUT2D eigenvalue weighted by atomic mass is 9.92. The third kappa shape index (κ3) is 4.75.